The van der Waals surface area contributed by atoms with Crippen molar-refractivity contribution in [2.45, 2.75) is 76.2 Å². The number of rotatable bonds is 6. The molecule has 38 heavy (non-hydrogen) atoms. The predicted octanol–water partition coefficient (Wildman–Crippen LogP) is -6.67. The highest BCUT2D eigenvalue weighted by Gasteiger charge is 2.58. The maximum atomic E-state index is 14.5. The van der Waals surface area contributed by atoms with Crippen molar-refractivity contribution in [3.63, 3.8) is 0 Å². The van der Waals surface area contributed by atoms with Crippen LogP contribution < -0.4 is 52.4 Å². The quantitative estimate of drug-likeness (QED) is 0.339. The van der Waals surface area contributed by atoms with Crippen LogP contribution in [0.15, 0.2) is 30.3 Å². The van der Waals surface area contributed by atoms with Gasteiger partial charge in [-0.05, 0) is 54.4 Å². The molecule has 5 nitrogen and oxygen atoms in total. The van der Waals surface area contributed by atoms with Crippen LogP contribution in [-0.4, -0.2) is 50.6 Å². The van der Waals surface area contributed by atoms with Crippen LogP contribution in [0.2, 0.25) is 0 Å². The summed E-state index contributed by atoms with van der Waals surface area (Å²) in [6, 6.07) is 11.4. The zero-order valence-corrected chi connectivity index (χ0v) is 26.3. The summed E-state index contributed by atoms with van der Waals surface area (Å²) < 4.78 is 0. The first-order chi connectivity index (χ1) is 17.0. The zero-order chi connectivity index (χ0) is 24.6. The van der Waals surface area contributed by atoms with Crippen molar-refractivity contribution in [2.24, 2.45) is 11.8 Å². The van der Waals surface area contributed by atoms with E-state index < -0.39 is 0 Å². The van der Waals surface area contributed by atoms with Crippen molar-refractivity contribution < 1.29 is 57.2 Å². The van der Waals surface area contributed by atoms with Crippen molar-refractivity contribution in [2.75, 3.05) is 33.7 Å². The number of likely N-dealkylation sites (tertiary alicyclic amines) is 1. The lowest BCUT2D eigenvalue weighted by molar-refractivity contribution is -0.823. The van der Waals surface area contributed by atoms with E-state index in [-0.39, 0.29) is 48.6 Å². The van der Waals surface area contributed by atoms with Gasteiger partial charge in [-0.15, -0.1) is 0 Å². The second kappa shape index (κ2) is 14.1. The number of carbonyl (C=O) groups excluding carboxylic acids is 1. The third kappa shape index (κ3) is 6.06. The van der Waals surface area contributed by atoms with E-state index in [0.29, 0.717) is 23.8 Å². The summed E-state index contributed by atoms with van der Waals surface area (Å²) in [5, 5.41) is 3.73. The number of nitrogens with zero attached hydrogens (tertiary/aromatic N) is 1. The van der Waals surface area contributed by atoms with E-state index in [0.717, 1.165) is 58.2 Å². The minimum atomic E-state index is 0. The number of benzene rings is 1. The first-order valence-electron chi connectivity index (χ1n) is 14.0. The Kier molecular flexibility index (Phi) is 12.4. The fourth-order valence-electron chi connectivity index (χ4n) is 7.40. The number of nitrogens with two attached hydrogens (primary N) is 1. The van der Waals surface area contributed by atoms with Crippen molar-refractivity contribution in [1.82, 2.24) is 4.90 Å². The minimum Gasteiger partial charge on any atom is -1.00 e. The van der Waals surface area contributed by atoms with Gasteiger partial charge in [0.25, 0.3) is 0 Å². The maximum Gasteiger partial charge on any atom is 0.426 e. The molecular weight excluding hydrogens is 559 g/mol. The van der Waals surface area contributed by atoms with Crippen molar-refractivity contribution in [1.29, 1.82) is 0 Å². The molecule has 1 amide bonds. The second-order valence-electron chi connectivity index (χ2n) is 11.5. The van der Waals surface area contributed by atoms with Gasteiger partial charge in [-0.3, -0.25) is 4.79 Å². The number of aromatic amines is 1. The van der Waals surface area contributed by atoms with Gasteiger partial charge in [0.15, 0.2) is 5.69 Å². The molecule has 2 aliphatic heterocycles. The Bertz CT molecular complexity index is 1030. The van der Waals surface area contributed by atoms with E-state index in [9.17, 15) is 4.79 Å². The number of piperidine rings is 1. The summed E-state index contributed by atoms with van der Waals surface area (Å²) in [6.45, 7) is 7.53. The number of aromatic nitrogens is 1. The molecule has 1 aromatic carbocycles. The number of thiazole rings is 1. The molecule has 2 aromatic rings. The van der Waals surface area contributed by atoms with Crippen LogP contribution >= 0.6 is 11.3 Å². The summed E-state index contributed by atoms with van der Waals surface area (Å²) in [4.78, 5) is 23.5. The topological polar surface area (TPSA) is 55.5 Å². The SMILES string of the molecule is CCC(CC)[C@@H]1C[C@H](c2ccccc2)CCN1C(=O)[C@@H]1C[NH2+]C[C@]12CCCc1[nH+]c([NH+](C)C)sc12.[Cl-].[Cl-].[Cl-]. The molecule has 4 atom stereocenters. The molecule has 2 saturated heterocycles. The number of hydrogen-bond acceptors (Lipinski definition) is 2. The normalized spacial score (nSPS) is 26.5. The van der Waals surface area contributed by atoms with E-state index >= 15 is 0 Å². The average Bonchev–Trinajstić information content (AvgIpc) is 3.51. The average molecular weight is 604 g/mol. The van der Waals surface area contributed by atoms with E-state index in [1.807, 2.05) is 11.3 Å². The highest BCUT2D eigenvalue weighted by Crippen LogP contribution is 2.47. The smallest absolute Gasteiger partial charge is 0.426 e. The molecular formula is C29H45Cl3N4OS. The van der Waals surface area contributed by atoms with Crippen LogP contribution in [-0.2, 0) is 16.6 Å². The maximum absolute atomic E-state index is 14.5. The summed E-state index contributed by atoms with van der Waals surface area (Å²) in [5.41, 5.74) is 2.87. The molecule has 214 valence electrons. The van der Waals surface area contributed by atoms with Gasteiger partial charge >= 0.3 is 5.13 Å². The molecule has 0 saturated carbocycles. The fraction of sp³-hybridized carbons (Fsp3) is 0.655. The molecule has 4 N–H and O–H groups in total. The van der Waals surface area contributed by atoms with E-state index in [1.165, 1.54) is 32.6 Å². The van der Waals surface area contributed by atoms with E-state index in [2.05, 4.69) is 73.5 Å². The van der Waals surface area contributed by atoms with Gasteiger partial charge in [-0.1, -0.05) is 57.0 Å². The van der Waals surface area contributed by atoms with Crippen LogP contribution in [0, 0.1) is 11.8 Å². The Morgan fingerprint density at radius 2 is 1.89 bits per heavy atom. The molecule has 0 bridgehead atoms. The van der Waals surface area contributed by atoms with Crippen LogP contribution in [0.25, 0.3) is 0 Å². The van der Waals surface area contributed by atoms with Gasteiger partial charge in [0.05, 0.1) is 37.5 Å². The third-order valence-corrected chi connectivity index (χ3v) is 10.9. The zero-order valence-electron chi connectivity index (χ0n) is 23.2. The van der Waals surface area contributed by atoms with Gasteiger partial charge in [-0.25, -0.2) is 4.90 Å². The number of quaternary nitrogens is 2. The summed E-state index contributed by atoms with van der Waals surface area (Å²) in [6.07, 6.45) is 7.95. The lowest BCUT2D eigenvalue weighted by atomic mass is 9.68. The van der Waals surface area contributed by atoms with Crippen molar-refractivity contribution in [3.05, 3.63) is 46.5 Å². The minimum absolute atomic E-state index is 0. The van der Waals surface area contributed by atoms with Gasteiger partial charge < -0.3 is 47.4 Å². The summed E-state index contributed by atoms with van der Waals surface area (Å²) >= 11 is 1.94. The molecule has 5 rings (SSSR count). The lowest BCUT2D eigenvalue weighted by Gasteiger charge is -2.45. The predicted molar refractivity (Wildman–Crippen MR) is 141 cm³/mol. The van der Waals surface area contributed by atoms with Crippen molar-refractivity contribution >= 4 is 22.4 Å². The van der Waals surface area contributed by atoms with Crippen molar-refractivity contribution in [3.8, 4) is 0 Å². The van der Waals surface area contributed by atoms with E-state index in [4.69, 9.17) is 0 Å². The molecule has 1 aliphatic carbocycles. The highest BCUT2D eigenvalue weighted by atomic mass is 35.5. The number of carbonyl (C=O) groups is 1. The molecule has 3 heterocycles. The highest BCUT2D eigenvalue weighted by molar-refractivity contribution is 7.14. The monoisotopic (exact) mass is 602 g/mol. The molecule has 0 radical (unpaired) electrons. The van der Waals surface area contributed by atoms with Crippen LogP contribution in [0.4, 0.5) is 5.13 Å². The lowest BCUT2D eigenvalue weighted by Crippen LogP contribution is -3.01. The Morgan fingerprint density at radius 3 is 2.55 bits per heavy atom. The standard InChI is InChI=1S/C29H42N4OS.3ClH/c1-5-20(6-2)25-17-22(21-11-8-7-9-12-21)14-16-33(25)27(34)23-18-30-19-29(23)15-10-13-24-26(29)35-28(31-24)32(3)4;;;/h7-9,11-12,20,22-23,25,30H,5-6,10,13-19H2,1-4H3;3*1H/t22-,23+,25+,29-;;;/m1.../s1. The number of aryl methyl sites for hydroxylation is 1. The first kappa shape index (κ1) is 33.3. The Morgan fingerprint density at radius 1 is 1.18 bits per heavy atom. The fourth-order valence-corrected chi connectivity index (χ4v) is 8.79. The van der Waals surface area contributed by atoms with E-state index in [1.54, 1.807) is 0 Å². The Balaban J connectivity index is 0.00000169. The van der Waals surface area contributed by atoms with Gasteiger partial charge in [0.1, 0.15) is 5.92 Å². The Labute approximate surface area is 251 Å². The van der Waals surface area contributed by atoms with Crippen LogP contribution in [0.1, 0.15) is 74.4 Å². The molecule has 9 heteroatoms. The molecule has 2 fully saturated rings. The van der Waals surface area contributed by atoms with Gasteiger partial charge in [0.2, 0.25) is 5.91 Å². The number of fused-ring (bicyclic) bond motifs is 2. The molecule has 1 aromatic heterocycles. The number of hydrogen-bond donors (Lipinski definition) is 2. The third-order valence-electron chi connectivity index (χ3n) is 9.37. The van der Waals surface area contributed by atoms with Crippen LogP contribution in [0.3, 0.4) is 0 Å². The van der Waals surface area contributed by atoms with Gasteiger partial charge in [0, 0.05) is 19.0 Å². The number of H-pyrrole nitrogens is 1. The Hall–Kier alpha value is -0.890. The summed E-state index contributed by atoms with van der Waals surface area (Å²) in [7, 11) is 4.39. The molecule has 1 spiro atoms. The first-order valence-corrected chi connectivity index (χ1v) is 14.8. The van der Waals surface area contributed by atoms with Crippen LogP contribution in [0.5, 0.6) is 0 Å². The molecule has 0 unspecified atom stereocenters. The summed E-state index contributed by atoms with van der Waals surface area (Å²) in [5.74, 6) is 1.69. The van der Waals surface area contributed by atoms with Gasteiger partial charge in [-0.2, -0.15) is 4.98 Å². The second-order valence-corrected chi connectivity index (χ2v) is 12.5. The molecule has 3 aliphatic rings. The number of amides is 1. The number of halogens is 3. The largest absolute Gasteiger partial charge is 1.00 e. The number of nitrogens with one attached hydrogen (secondary N) is 2.